The Morgan fingerprint density at radius 1 is 1.25 bits per heavy atom. The number of allylic oxidation sites excluding steroid dienone is 2. The summed E-state index contributed by atoms with van der Waals surface area (Å²) in [5, 5.41) is 15.1. The first-order valence-corrected chi connectivity index (χ1v) is 14.2. The first kappa shape index (κ1) is 28.3. The number of aromatic nitrogens is 2. The molecule has 0 spiro atoms. The molecule has 2 atom stereocenters. The summed E-state index contributed by atoms with van der Waals surface area (Å²) in [6.07, 6.45) is 5.96. The van der Waals surface area contributed by atoms with Gasteiger partial charge in [-0.15, -0.1) is 0 Å². The maximum Gasteiger partial charge on any atom is 0.350 e. The van der Waals surface area contributed by atoms with Crippen LogP contribution >= 0.6 is 11.6 Å². The van der Waals surface area contributed by atoms with Gasteiger partial charge in [-0.2, -0.15) is 4.98 Å². The summed E-state index contributed by atoms with van der Waals surface area (Å²) < 4.78 is 18.0. The molecule has 2 aromatic carbocycles. The third-order valence-electron chi connectivity index (χ3n) is 7.89. The van der Waals surface area contributed by atoms with Crippen molar-refractivity contribution in [1.29, 1.82) is 0 Å². The molecule has 5 rings (SSSR count). The Kier molecular flexibility index (Phi) is 8.31. The van der Waals surface area contributed by atoms with Gasteiger partial charge in [0.15, 0.2) is 5.82 Å². The minimum absolute atomic E-state index is 0.0163. The maximum atomic E-state index is 16.6. The van der Waals surface area contributed by atoms with E-state index in [-0.39, 0.29) is 21.9 Å². The SMILES string of the molecule is C/C(=C\C(O)=C/c1ccccc1C)c1c(Cl)cc2c(N3CC4CCC(C3)N4)nc(=O)n(CCCN(C)C)c2c1F. The molecule has 2 fully saturated rings. The van der Waals surface area contributed by atoms with Gasteiger partial charge in [-0.3, -0.25) is 4.57 Å². The largest absolute Gasteiger partial charge is 0.508 e. The lowest BCUT2D eigenvalue weighted by Gasteiger charge is -2.34. The van der Waals surface area contributed by atoms with Gasteiger partial charge in [-0.05, 0) is 88.7 Å². The Hall–Kier alpha value is -3.20. The highest BCUT2D eigenvalue weighted by atomic mass is 35.5. The molecule has 2 N–H and O–H groups in total. The van der Waals surface area contributed by atoms with Crippen molar-refractivity contribution in [3.8, 4) is 0 Å². The Morgan fingerprint density at radius 3 is 2.62 bits per heavy atom. The molecule has 3 heterocycles. The van der Waals surface area contributed by atoms with Crippen LogP contribution in [-0.2, 0) is 6.54 Å². The van der Waals surface area contributed by atoms with Crippen molar-refractivity contribution in [2.75, 3.05) is 38.6 Å². The third kappa shape index (κ3) is 5.80. The van der Waals surface area contributed by atoms with E-state index in [0.717, 1.165) is 30.5 Å². The van der Waals surface area contributed by atoms with Gasteiger partial charge < -0.3 is 20.2 Å². The lowest BCUT2D eigenvalue weighted by atomic mass is 10.0. The normalized spacial score (nSPS) is 19.7. The van der Waals surface area contributed by atoms with Crippen LogP contribution in [0.15, 0.2) is 47.0 Å². The van der Waals surface area contributed by atoms with Gasteiger partial charge in [-0.1, -0.05) is 35.9 Å². The Morgan fingerprint density at radius 2 is 1.95 bits per heavy atom. The number of aryl methyl sites for hydroxylation is 2. The fraction of sp³-hybridized carbons (Fsp3) is 0.419. The Balaban J connectivity index is 1.63. The average Bonchev–Trinajstić information content (AvgIpc) is 3.23. The van der Waals surface area contributed by atoms with E-state index in [1.54, 1.807) is 19.1 Å². The minimum atomic E-state index is -0.580. The zero-order chi connectivity index (χ0) is 28.6. The number of benzene rings is 2. The maximum absolute atomic E-state index is 16.6. The summed E-state index contributed by atoms with van der Waals surface area (Å²) in [6, 6.07) is 10.1. The number of aliphatic hydroxyl groups excluding tert-OH is 1. The predicted molar refractivity (Wildman–Crippen MR) is 162 cm³/mol. The van der Waals surface area contributed by atoms with Crippen LogP contribution in [0.3, 0.4) is 0 Å². The molecule has 7 nitrogen and oxygen atoms in total. The van der Waals surface area contributed by atoms with E-state index in [9.17, 15) is 9.90 Å². The van der Waals surface area contributed by atoms with Crippen molar-refractivity contribution < 1.29 is 9.50 Å². The van der Waals surface area contributed by atoms with Gasteiger partial charge in [0, 0.05) is 42.7 Å². The molecule has 2 aliphatic heterocycles. The molecule has 2 aliphatic rings. The average molecular weight is 566 g/mol. The molecular weight excluding hydrogens is 529 g/mol. The molecule has 2 bridgehead atoms. The molecule has 0 saturated carbocycles. The highest BCUT2D eigenvalue weighted by molar-refractivity contribution is 6.33. The van der Waals surface area contributed by atoms with Crippen LogP contribution in [0.1, 0.15) is 42.9 Å². The van der Waals surface area contributed by atoms with E-state index in [1.807, 2.05) is 50.2 Å². The first-order valence-electron chi connectivity index (χ1n) is 13.9. The van der Waals surface area contributed by atoms with Crippen LogP contribution in [0.5, 0.6) is 0 Å². The summed E-state index contributed by atoms with van der Waals surface area (Å²) in [6.45, 7) is 6.16. The second kappa shape index (κ2) is 11.7. The molecule has 2 saturated heterocycles. The van der Waals surface area contributed by atoms with Gasteiger partial charge in [-0.25, -0.2) is 9.18 Å². The van der Waals surface area contributed by atoms with Crippen molar-refractivity contribution in [2.24, 2.45) is 0 Å². The van der Waals surface area contributed by atoms with Crippen molar-refractivity contribution in [1.82, 2.24) is 19.8 Å². The zero-order valence-corrected chi connectivity index (χ0v) is 24.3. The molecule has 0 aliphatic carbocycles. The van der Waals surface area contributed by atoms with E-state index in [1.165, 1.54) is 10.6 Å². The number of hydrogen-bond acceptors (Lipinski definition) is 6. The first-order chi connectivity index (χ1) is 19.1. The van der Waals surface area contributed by atoms with Gasteiger partial charge in [0.25, 0.3) is 0 Å². The summed E-state index contributed by atoms with van der Waals surface area (Å²) in [4.78, 5) is 22.0. The molecule has 1 aromatic heterocycles. The summed E-state index contributed by atoms with van der Waals surface area (Å²) in [7, 11) is 3.93. The van der Waals surface area contributed by atoms with E-state index >= 15 is 4.39 Å². The van der Waals surface area contributed by atoms with E-state index in [2.05, 4.69) is 15.2 Å². The van der Waals surface area contributed by atoms with Crippen LogP contribution in [0.2, 0.25) is 5.02 Å². The highest BCUT2D eigenvalue weighted by Gasteiger charge is 2.34. The van der Waals surface area contributed by atoms with Crippen LogP contribution < -0.4 is 15.9 Å². The number of anilines is 1. The second-order valence-electron chi connectivity index (χ2n) is 11.3. The predicted octanol–water partition coefficient (Wildman–Crippen LogP) is 5.39. The number of nitrogens with one attached hydrogen (secondary N) is 1. The molecular formula is C31H37ClFN5O2. The number of aliphatic hydroxyl groups is 1. The topological polar surface area (TPSA) is 73.6 Å². The van der Waals surface area contributed by atoms with Crippen LogP contribution in [0, 0.1) is 12.7 Å². The number of halogens is 2. The monoisotopic (exact) mass is 565 g/mol. The number of rotatable bonds is 8. The Labute approximate surface area is 239 Å². The van der Waals surface area contributed by atoms with Crippen molar-refractivity contribution >= 4 is 40.0 Å². The third-order valence-corrected chi connectivity index (χ3v) is 8.19. The van der Waals surface area contributed by atoms with Gasteiger partial charge in [0.2, 0.25) is 0 Å². The number of hydrogen-bond donors (Lipinski definition) is 2. The van der Waals surface area contributed by atoms with Crippen LogP contribution in [0.4, 0.5) is 10.2 Å². The smallest absolute Gasteiger partial charge is 0.350 e. The molecule has 0 radical (unpaired) electrons. The summed E-state index contributed by atoms with van der Waals surface area (Å²) >= 11 is 6.76. The molecule has 9 heteroatoms. The van der Waals surface area contributed by atoms with Gasteiger partial charge in [0.05, 0.1) is 10.5 Å². The van der Waals surface area contributed by atoms with Crippen LogP contribution in [0.25, 0.3) is 22.6 Å². The van der Waals surface area contributed by atoms with E-state index in [4.69, 9.17) is 11.6 Å². The zero-order valence-electron chi connectivity index (χ0n) is 23.5. The fourth-order valence-corrected chi connectivity index (χ4v) is 6.26. The summed E-state index contributed by atoms with van der Waals surface area (Å²) in [5.74, 6) is -0.111. The number of fused-ring (bicyclic) bond motifs is 3. The minimum Gasteiger partial charge on any atom is -0.508 e. The van der Waals surface area contributed by atoms with Crippen molar-refractivity contribution in [3.63, 3.8) is 0 Å². The molecule has 40 heavy (non-hydrogen) atoms. The van der Waals surface area contributed by atoms with Crippen molar-refractivity contribution in [2.45, 2.75) is 51.7 Å². The fourth-order valence-electron chi connectivity index (χ4n) is 5.92. The second-order valence-corrected chi connectivity index (χ2v) is 11.7. The standard InChI is InChI=1S/C31H37ClFN5O2/c1-19-8-5-6-9-21(19)15-24(39)14-20(2)27-26(32)16-25-29(28(27)33)38(13-7-12-36(3)4)31(40)35-30(25)37-17-22-10-11-23(18-37)34-22/h5-6,8-9,14-16,22-23,34,39H,7,10-13,17-18H2,1-4H3/b20-14+,24-15+. The van der Waals surface area contributed by atoms with E-state index in [0.29, 0.717) is 54.9 Å². The van der Waals surface area contributed by atoms with Crippen LogP contribution in [-0.4, -0.2) is 65.4 Å². The lowest BCUT2D eigenvalue weighted by molar-refractivity contribution is 0.385. The Bertz CT molecular complexity index is 1530. The molecule has 2 unspecified atom stereocenters. The molecule has 3 aromatic rings. The van der Waals surface area contributed by atoms with Crippen molar-refractivity contribution in [3.05, 3.63) is 80.2 Å². The summed E-state index contributed by atoms with van der Waals surface area (Å²) in [5.41, 5.74) is 2.23. The lowest BCUT2D eigenvalue weighted by Crippen LogP contribution is -2.52. The van der Waals surface area contributed by atoms with E-state index < -0.39 is 11.5 Å². The number of piperazine rings is 1. The highest BCUT2D eigenvalue weighted by Crippen LogP contribution is 2.37. The number of nitrogens with zero attached hydrogens (tertiary/aromatic N) is 4. The quantitative estimate of drug-likeness (QED) is 0.282. The molecule has 0 amide bonds. The molecule has 212 valence electrons. The van der Waals surface area contributed by atoms with Gasteiger partial charge >= 0.3 is 5.69 Å². The van der Waals surface area contributed by atoms with Gasteiger partial charge in [0.1, 0.15) is 11.6 Å².